The molecule has 0 unspecified atom stereocenters. The Morgan fingerprint density at radius 3 is 2.18 bits per heavy atom. The zero-order chi connectivity index (χ0) is 37.2. The molecule has 0 bridgehead atoms. The van der Waals surface area contributed by atoms with Crippen molar-refractivity contribution in [1.29, 1.82) is 0 Å². The molecule has 57 heavy (non-hydrogen) atoms. The van der Waals surface area contributed by atoms with Crippen molar-refractivity contribution in [2.75, 3.05) is 11.9 Å². The van der Waals surface area contributed by atoms with E-state index in [9.17, 15) is 0 Å². The summed E-state index contributed by atoms with van der Waals surface area (Å²) >= 11 is 0. The summed E-state index contributed by atoms with van der Waals surface area (Å²) in [5.41, 5.74) is 14.7. The average molecular weight is 729 g/mol. The Morgan fingerprint density at radius 2 is 1.26 bits per heavy atom. The highest BCUT2D eigenvalue weighted by atomic mass is 16.5. The number of anilines is 1. The maximum atomic E-state index is 7.05. The first kappa shape index (κ1) is 30.7. The molecule has 0 saturated carbocycles. The molecular weight excluding hydrogens is 697 g/mol. The second-order valence-corrected chi connectivity index (χ2v) is 15.1. The molecule has 1 N–H and O–H groups in total. The predicted octanol–water partition coefficient (Wildman–Crippen LogP) is 13.5. The van der Waals surface area contributed by atoms with Crippen LogP contribution in [0, 0.1) is 0 Å². The second-order valence-electron chi connectivity index (χ2n) is 15.1. The van der Waals surface area contributed by atoms with E-state index in [-0.39, 0.29) is 0 Å². The van der Waals surface area contributed by atoms with E-state index in [0.717, 1.165) is 84.7 Å². The van der Waals surface area contributed by atoms with Gasteiger partial charge in [0.15, 0.2) is 0 Å². The summed E-state index contributed by atoms with van der Waals surface area (Å²) < 4.78 is 11.8. The zero-order valence-electron chi connectivity index (χ0n) is 30.7. The summed E-state index contributed by atoms with van der Waals surface area (Å²) in [5.74, 6) is 1.73. The van der Waals surface area contributed by atoms with Crippen molar-refractivity contribution in [3.05, 3.63) is 176 Å². The van der Waals surface area contributed by atoms with Crippen molar-refractivity contribution >= 4 is 77.1 Å². The molecule has 11 aromatic rings. The molecule has 0 radical (unpaired) electrons. The van der Waals surface area contributed by atoms with Crippen molar-refractivity contribution in [2.45, 2.75) is 0 Å². The lowest BCUT2D eigenvalue weighted by molar-refractivity contribution is 0.488. The lowest BCUT2D eigenvalue weighted by Gasteiger charge is -2.23. The molecule has 5 nitrogen and oxygen atoms in total. The fourth-order valence-electron chi connectivity index (χ4n) is 9.70. The SMILES string of the molecule is C1=Cc2cc(-n3c4ccccc4c4c5cccc6c5c(cc43)Oc3cc(-c4ccc5c(c4)c4ccccc4n5-c4ccccc4)ccc3-6)c3cccnc3c2NC1. The van der Waals surface area contributed by atoms with Gasteiger partial charge in [0, 0.05) is 67.9 Å². The van der Waals surface area contributed by atoms with Crippen LogP contribution in [-0.4, -0.2) is 20.7 Å². The molecule has 2 aliphatic heterocycles. The molecule has 0 spiro atoms. The van der Waals surface area contributed by atoms with Crippen molar-refractivity contribution < 1.29 is 4.74 Å². The Hall–Kier alpha value is -7.63. The molecule has 5 heteroatoms. The van der Waals surface area contributed by atoms with Gasteiger partial charge in [-0.1, -0.05) is 97.1 Å². The Balaban J connectivity index is 1.01. The molecule has 266 valence electrons. The first-order valence-corrected chi connectivity index (χ1v) is 19.5. The number of benzene rings is 8. The van der Waals surface area contributed by atoms with E-state index in [4.69, 9.17) is 9.72 Å². The lowest BCUT2D eigenvalue weighted by Crippen LogP contribution is -2.07. The van der Waals surface area contributed by atoms with Crippen LogP contribution in [0.15, 0.2) is 170 Å². The van der Waals surface area contributed by atoms with Crippen LogP contribution < -0.4 is 10.1 Å². The summed E-state index contributed by atoms with van der Waals surface area (Å²) in [4.78, 5) is 4.90. The van der Waals surface area contributed by atoms with E-state index in [1.165, 1.54) is 43.5 Å². The fourth-order valence-corrected chi connectivity index (χ4v) is 9.70. The molecule has 2 aliphatic rings. The van der Waals surface area contributed by atoms with Gasteiger partial charge in [-0.15, -0.1) is 0 Å². The summed E-state index contributed by atoms with van der Waals surface area (Å²) in [6, 6.07) is 57.1. The number of nitrogens with one attached hydrogen (secondary N) is 1. The first-order valence-electron chi connectivity index (χ1n) is 19.5. The standard InChI is InChI=1S/C52H32N4O/c1-2-12-34(13-3-1)55-42-19-6-4-14-35(42)41-27-31(22-24-44(41)55)32-21-23-36-37-16-8-17-40-49-38-15-5-7-20-43(38)56(46(49)30-48(50(37)40)57-47(36)29-32)45-28-33-11-9-25-53-51(33)52-39(45)18-10-26-54-52/h1-24,26-30,53H,25H2. The number of fused-ring (bicyclic) bond motifs is 12. The van der Waals surface area contributed by atoms with Gasteiger partial charge in [-0.25, -0.2) is 0 Å². The third-order valence-electron chi connectivity index (χ3n) is 12.1. The summed E-state index contributed by atoms with van der Waals surface area (Å²) in [6.45, 7) is 0.791. The molecule has 8 aromatic carbocycles. The number of nitrogens with zero attached hydrogens (tertiary/aromatic N) is 3. The molecule has 5 heterocycles. The zero-order valence-corrected chi connectivity index (χ0v) is 30.7. The predicted molar refractivity (Wildman–Crippen MR) is 236 cm³/mol. The topological polar surface area (TPSA) is 44.0 Å². The molecule has 13 rings (SSSR count). The number of aromatic nitrogens is 3. The minimum Gasteiger partial charge on any atom is -0.456 e. The second kappa shape index (κ2) is 11.4. The van der Waals surface area contributed by atoms with Crippen molar-refractivity contribution in [3.63, 3.8) is 0 Å². The molecule has 0 atom stereocenters. The van der Waals surface area contributed by atoms with Crippen LogP contribution in [0.3, 0.4) is 0 Å². The number of pyridine rings is 1. The van der Waals surface area contributed by atoms with Crippen molar-refractivity contribution in [2.24, 2.45) is 0 Å². The highest BCUT2D eigenvalue weighted by molar-refractivity contribution is 6.26. The van der Waals surface area contributed by atoms with Crippen molar-refractivity contribution in [3.8, 4) is 45.1 Å². The summed E-state index contributed by atoms with van der Waals surface area (Å²) in [5, 5.41) is 11.9. The van der Waals surface area contributed by atoms with Crippen LogP contribution in [-0.2, 0) is 0 Å². The molecule has 0 amide bonds. The first-order chi connectivity index (χ1) is 28.3. The molecular formula is C52H32N4O. The van der Waals surface area contributed by atoms with Gasteiger partial charge in [0.1, 0.15) is 11.5 Å². The lowest BCUT2D eigenvalue weighted by atomic mass is 9.91. The van der Waals surface area contributed by atoms with Gasteiger partial charge in [-0.2, -0.15) is 0 Å². The van der Waals surface area contributed by atoms with E-state index in [1.807, 2.05) is 12.3 Å². The number of hydrogen-bond acceptors (Lipinski definition) is 3. The van der Waals surface area contributed by atoms with Crippen LogP contribution in [0.2, 0.25) is 0 Å². The van der Waals surface area contributed by atoms with Gasteiger partial charge < -0.3 is 19.2 Å². The maximum Gasteiger partial charge on any atom is 0.138 e. The van der Waals surface area contributed by atoms with Gasteiger partial charge in [-0.05, 0) is 88.8 Å². The maximum absolute atomic E-state index is 7.05. The average Bonchev–Trinajstić information content (AvgIpc) is 3.79. The number of ether oxygens (including phenoxy) is 1. The van der Waals surface area contributed by atoms with Gasteiger partial charge in [0.05, 0.1) is 39.0 Å². The minimum atomic E-state index is 0.791. The quantitative estimate of drug-likeness (QED) is 0.197. The highest BCUT2D eigenvalue weighted by Gasteiger charge is 2.26. The van der Waals surface area contributed by atoms with E-state index >= 15 is 0 Å². The van der Waals surface area contributed by atoms with Crippen LogP contribution in [0.5, 0.6) is 11.5 Å². The van der Waals surface area contributed by atoms with Crippen LogP contribution in [0.4, 0.5) is 5.69 Å². The monoisotopic (exact) mass is 728 g/mol. The summed E-state index contributed by atoms with van der Waals surface area (Å²) in [7, 11) is 0. The molecule has 0 saturated heterocycles. The van der Waals surface area contributed by atoms with E-state index in [1.54, 1.807) is 0 Å². The Kier molecular flexibility index (Phi) is 6.16. The van der Waals surface area contributed by atoms with Crippen molar-refractivity contribution in [1.82, 2.24) is 14.1 Å². The van der Waals surface area contributed by atoms with Gasteiger partial charge in [0.25, 0.3) is 0 Å². The molecule has 0 fully saturated rings. The number of rotatable bonds is 3. The van der Waals surface area contributed by atoms with E-state index < -0.39 is 0 Å². The largest absolute Gasteiger partial charge is 0.456 e. The van der Waals surface area contributed by atoms with Gasteiger partial charge in [0.2, 0.25) is 0 Å². The van der Waals surface area contributed by atoms with E-state index in [2.05, 4.69) is 178 Å². The highest BCUT2D eigenvalue weighted by Crippen LogP contribution is 2.52. The summed E-state index contributed by atoms with van der Waals surface area (Å²) in [6.07, 6.45) is 6.27. The van der Waals surface area contributed by atoms with Gasteiger partial charge in [-0.3, -0.25) is 4.98 Å². The van der Waals surface area contributed by atoms with E-state index in [0.29, 0.717) is 0 Å². The fraction of sp³-hybridized carbons (Fsp3) is 0.0192. The number of hydrogen-bond donors (Lipinski definition) is 1. The van der Waals surface area contributed by atoms with Crippen LogP contribution in [0.25, 0.3) is 105 Å². The minimum absolute atomic E-state index is 0.791. The molecule has 3 aromatic heterocycles. The van der Waals surface area contributed by atoms with Crippen LogP contribution in [0.1, 0.15) is 5.56 Å². The van der Waals surface area contributed by atoms with Crippen LogP contribution >= 0.6 is 0 Å². The van der Waals surface area contributed by atoms with Gasteiger partial charge >= 0.3 is 0 Å². The smallest absolute Gasteiger partial charge is 0.138 e. The third-order valence-corrected chi connectivity index (χ3v) is 12.1. The number of para-hydroxylation sites is 3. The Bertz CT molecular complexity index is 3550. The normalized spacial score (nSPS) is 13.1. The molecule has 0 aliphatic carbocycles. The third kappa shape index (κ3) is 4.25. The Morgan fingerprint density at radius 1 is 0.509 bits per heavy atom. The Labute approximate surface area is 327 Å².